The van der Waals surface area contributed by atoms with Gasteiger partial charge >= 0.3 is 0 Å². The van der Waals surface area contributed by atoms with Crippen molar-refractivity contribution in [1.29, 1.82) is 0 Å². The SMILES string of the molecule is CCNCC(CCSC)c1ccc(Cl)cc1. The number of nitrogens with one attached hydrogen (secondary N) is 1. The fourth-order valence-electron chi connectivity index (χ4n) is 1.70. The molecule has 1 aromatic rings. The Kier molecular flexibility index (Phi) is 6.93. The largest absolute Gasteiger partial charge is 0.316 e. The van der Waals surface area contributed by atoms with Gasteiger partial charge in [0, 0.05) is 11.6 Å². The van der Waals surface area contributed by atoms with E-state index >= 15 is 0 Å². The molecule has 1 atom stereocenters. The van der Waals surface area contributed by atoms with Gasteiger partial charge in [0.1, 0.15) is 0 Å². The molecule has 1 N–H and O–H groups in total. The Labute approximate surface area is 108 Å². The van der Waals surface area contributed by atoms with Crippen LogP contribution in [0.2, 0.25) is 5.02 Å². The summed E-state index contributed by atoms with van der Waals surface area (Å²) in [6.45, 7) is 4.23. The number of thioether (sulfide) groups is 1. The lowest BCUT2D eigenvalue weighted by molar-refractivity contribution is 0.587. The lowest BCUT2D eigenvalue weighted by Crippen LogP contribution is -2.21. The smallest absolute Gasteiger partial charge is 0.0406 e. The van der Waals surface area contributed by atoms with Crippen molar-refractivity contribution >= 4 is 23.4 Å². The molecule has 0 saturated carbocycles. The molecule has 1 nitrogen and oxygen atoms in total. The highest BCUT2D eigenvalue weighted by atomic mass is 35.5. The van der Waals surface area contributed by atoms with Crippen LogP contribution in [0.3, 0.4) is 0 Å². The standard InChI is InChI=1S/C13H20ClNS/c1-3-15-10-12(8-9-16-2)11-4-6-13(14)7-5-11/h4-7,12,15H,3,8-10H2,1-2H3. The van der Waals surface area contributed by atoms with Crippen LogP contribution >= 0.6 is 23.4 Å². The number of halogens is 1. The zero-order valence-corrected chi connectivity index (χ0v) is 11.6. The van der Waals surface area contributed by atoms with E-state index in [1.165, 1.54) is 17.7 Å². The zero-order chi connectivity index (χ0) is 11.8. The van der Waals surface area contributed by atoms with E-state index in [9.17, 15) is 0 Å². The highest BCUT2D eigenvalue weighted by Gasteiger charge is 2.10. The molecule has 3 heteroatoms. The molecular weight excluding hydrogens is 238 g/mol. The molecule has 0 amide bonds. The Balaban J connectivity index is 2.62. The average molecular weight is 258 g/mol. The van der Waals surface area contributed by atoms with E-state index in [0.717, 1.165) is 18.1 Å². The molecule has 0 bridgehead atoms. The molecular formula is C13H20ClNS. The average Bonchev–Trinajstić information content (AvgIpc) is 2.31. The van der Waals surface area contributed by atoms with Gasteiger partial charge in [0.2, 0.25) is 0 Å². The molecule has 1 unspecified atom stereocenters. The quantitative estimate of drug-likeness (QED) is 0.798. The van der Waals surface area contributed by atoms with Crippen LogP contribution in [0, 0.1) is 0 Å². The molecule has 0 saturated heterocycles. The molecule has 0 radical (unpaired) electrons. The second-order valence-electron chi connectivity index (χ2n) is 3.84. The third-order valence-electron chi connectivity index (χ3n) is 2.65. The summed E-state index contributed by atoms with van der Waals surface area (Å²) in [7, 11) is 0. The van der Waals surface area contributed by atoms with Gasteiger partial charge in [0.25, 0.3) is 0 Å². The van der Waals surface area contributed by atoms with E-state index < -0.39 is 0 Å². The minimum absolute atomic E-state index is 0.602. The van der Waals surface area contributed by atoms with Crippen LogP contribution < -0.4 is 5.32 Å². The second kappa shape index (κ2) is 7.99. The van der Waals surface area contributed by atoms with Gasteiger partial charge in [0.05, 0.1) is 0 Å². The van der Waals surface area contributed by atoms with Crippen LogP contribution in [0.4, 0.5) is 0 Å². The fraction of sp³-hybridized carbons (Fsp3) is 0.538. The van der Waals surface area contributed by atoms with Gasteiger partial charge in [-0.1, -0.05) is 30.7 Å². The van der Waals surface area contributed by atoms with Crippen molar-refractivity contribution in [3.05, 3.63) is 34.9 Å². The van der Waals surface area contributed by atoms with E-state index in [4.69, 9.17) is 11.6 Å². The Hall–Kier alpha value is -0.180. The number of hydrogen-bond acceptors (Lipinski definition) is 2. The monoisotopic (exact) mass is 257 g/mol. The second-order valence-corrected chi connectivity index (χ2v) is 5.26. The van der Waals surface area contributed by atoms with Crippen molar-refractivity contribution < 1.29 is 0 Å². The predicted molar refractivity (Wildman–Crippen MR) is 75.7 cm³/mol. The van der Waals surface area contributed by atoms with Crippen molar-refractivity contribution in [2.75, 3.05) is 25.1 Å². The molecule has 16 heavy (non-hydrogen) atoms. The summed E-state index contributed by atoms with van der Waals surface area (Å²) < 4.78 is 0. The predicted octanol–water partition coefficient (Wildman–Crippen LogP) is 3.79. The van der Waals surface area contributed by atoms with Crippen LogP contribution in [-0.4, -0.2) is 25.1 Å². The van der Waals surface area contributed by atoms with Crippen molar-refractivity contribution in [3.8, 4) is 0 Å². The summed E-state index contributed by atoms with van der Waals surface area (Å²) in [4.78, 5) is 0. The van der Waals surface area contributed by atoms with Crippen molar-refractivity contribution in [1.82, 2.24) is 5.32 Å². The number of benzene rings is 1. The molecule has 0 aliphatic rings. The summed E-state index contributed by atoms with van der Waals surface area (Å²) in [6, 6.07) is 8.25. The number of rotatable bonds is 7. The van der Waals surface area contributed by atoms with Gasteiger partial charge in [-0.15, -0.1) is 0 Å². The van der Waals surface area contributed by atoms with Gasteiger partial charge in [-0.05, 0) is 48.6 Å². The van der Waals surface area contributed by atoms with Crippen molar-refractivity contribution in [2.45, 2.75) is 19.3 Å². The van der Waals surface area contributed by atoms with E-state index in [0.29, 0.717) is 5.92 Å². The van der Waals surface area contributed by atoms with Gasteiger partial charge in [-0.25, -0.2) is 0 Å². The minimum Gasteiger partial charge on any atom is -0.316 e. The van der Waals surface area contributed by atoms with E-state index in [1.54, 1.807) is 0 Å². The summed E-state index contributed by atoms with van der Waals surface area (Å²) >= 11 is 7.81. The third kappa shape index (κ3) is 4.77. The topological polar surface area (TPSA) is 12.0 Å². The summed E-state index contributed by atoms with van der Waals surface area (Å²) in [5.74, 6) is 1.81. The van der Waals surface area contributed by atoms with Crippen LogP contribution in [0.15, 0.2) is 24.3 Å². The first-order chi connectivity index (χ1) is 7.77. The highest BCUT2D eigenvalue weighted by molar-refractivity contribution is 7.98. The normalized spacial score (nSPS) is 12.7. The molecule has 1 aromatic carbocycles. The lowest BCUT2D eigenvalue weighted by Gasteiger charge is -2.17. The fourth-order valence-corrected chi connectivity index (χ4v) is 2.35. The van der Waals surface area contributed by atoms with E-state index in [2.05, 4.69) is 30.6 Å². The lowest BCUT2D eigenvalue weighted by atomic mass is 9.96. The van der Waals surface area contributed by atoms with Crippen LogP contribution in [-0.2, 0) is 0 Å². The molecule has 0 spiro atoms. The Morgan fingerprint density at radius 1 is 1.31 bits per heavy atom. The molecule has 0 aliphatic heterocycles. The Morgan fingerprint density at radius 3 is 2.56 bits per heavy atom. The molecule has 0 fully saturated rings. The molecule has 1 rings (SSSR count). The maximum absolute atomic E-state index is 5.91. The van der Waals surface area contributed by atoms with Crippen molar-refractivity contribution in [2.24, 2.45) is 0 Å². The van der Waals surface area contributed by atoms with Gasteiger partial charge in [-0.3, -0.25) is 0 Å². The first-order valence-corrected chi connectivity index (χ1v) is 7.50. The third-order valence-corrected chi connectivity index (χ3v) is 3.55. The van der Waals surface area contributed by atoms with Gasteiger partial charge < -0.3 is 5.32 Å². The van der Waals surface area contributed by atoms with Gasteiger partial charge in [0.15, 0.2) is 0 Å². The Bertz CT molecular complexity index is 278. The molecule has 0 heterocycles. The molecule has 90 valence electrons. The maximum Gasteiger partial charge on any atom is 0.0406 e. The number of likely N-dealkylation sites (N-methyl/N-ethyl adjacent to an activating group) is 1. The maximum atomic E-state index is 5.91. The van der Waals surface area contributed by atoms with Gasteiger partial charge in [-0.2, -0.15) is 11.8 Å². The van der Waals surface area contributed by atoms with Crippen LogP contribution in [0.1, 0.15) is 24.8 Å². The van der Waals surface area contributed by atoms with E-state index in [-0.39, 0.29) is 0 Å². The highest BCUT2D eigenvalue weighted by Crippen LogP contribution is 2.22. The van der Waals surface area contributed by atoms with Crippen LogP contribution in [0.25, 0.3) is 0 Å². The van der Waals surface area contributed by atoms with Crippen molar-refractivity contribution in [3.63, 3.8) is 0 Å². The minimum atomic E-state index is 0.602. The molecule has 0 aromatic heterocycles. The summed E-state index contributed by atoms with van der Waals surface area (Å²) in [6.07, 6.45) is 3.38. The zero-order valence-electron chi connectivity index (χ0n) is 10.0. The summed E-state index contributed by atoms with van der Waals surface area (Å²) in [5.41, 5.74) is 1.39. The first kappa shape index (κ1) is 13.9. The molecule has 0 aliphatic carbocycles. The number of hydrogen-bond donors (Lipinski definition) is 1. The first-order valence-electron chi connectivity index (χ1n) is 5.73. The van der Waals surface area contributed by atoms with E-state index in [1.807, 2.05) is 23.9 Å². The summed E-state index contributed by atoms with van der Waals surface area (Å²) in [5, 5.41) is 4.24. The van der Waals surface area contributed by atoms with Crippen LogP contribution in [0.5, 0.6) is 0 Å². The Morgan fingerprint density at radius 2 is 2.00 bits per heavy atom.